The Bertz CT molecular complexity index is 2490. The third-order valence-electron chi connectivity index (χ3n) is 9.49. The molecule has 0 saturated carbocycles. The van der Waals surface area contributed by atoms with E-state index in [4.69, 9.17) is 9.47 Å². The maximum atomic E-state index is 6.87. The van der Waals surface area contributed by atoms with Gasteiger partial charge < -0.3 is 18.9 Å². The first-order valence-electron chi connectivity index (χ1n) is 16.0. The number of para-hydroxylation sites is 5. The third-order valence-corrected chi connectivity index (χ3v) is 9.49. The number of hydrogen-bond acceptors (Lipinski definition) is 3. The van der Waals surface area contributed by atoms with Crippen LogP contribution < -0.4 is 30.8 Å². The van der Waals surface area contributed by atoms with Gasteiger partial charge in [0.05, 0.1) is 22.4 Å². The highest BCUT2D eigenvalue weighted by atomic mass is 16.5. The Morgan fingerprint density at radius 3 is 2.02 bits per heavy atom. The molecule has 0 saturated heterocycles. The molecule has 2 aliphatic rings. The average molecular weight is 603 g/mol. The van der Waals surface area contributed by atoms with Gasteiger partial charge in [0.15, 0.2) is 11.5 Å². The topological polar surface area (TPSA) is 26.6 Å². The molecule has 4 nitrogen and oxygen atoms in total. The molecule has 0 spiro atoms. The number of ether oxygens (including phenoxy) is 2. The quantitative estimate of drug-likeness (QED) is 0.189. The van der Waals surface area contributed by atoms with Crippen LogP contribution in [0.1, 0.15) is 0 Å². The van der Waals surface area contributed by atoms with Gasteiger partial charge in [-0.3, -0.25) is 0 Å². The summed E-state index contributed by atoms with van der Waals surface area (Å²) in [5, 5.41) is 2.31. The molecule has 0 atom stereocenters. The zero-order valence-electron chi connectivity index (χ0n) is 25.4. The Morgan fingerprint density at radius 2 is 1.15 bits per heavy atom. The molecule has 0 radical (unpaired) electrons. The zero-order chi connectivity index (χ0) is 30.9. The molecule has 0 N–H and O–H groups in total. The van der Waals surface area contributed by atoms with Gasteiger partial charge in [0.25, 0.3) is 6.71 Å². The number of anilines is 3. The number of fused-ring (bicyclic) bond motifs is 8. The Kier molecular flexibility index (Phi) is 5.63. The predicted molar refractivity (Wildman–Crippen MR) is 193 cm³/mol. The second-order valence-corrected chi connectivity index (χ2v) is 12.1. The third kappa shape index (κ3) is 3.90. The Morgan fingerprint density at radius 1 is 0.447 bits per heavy atom. The molecule has 0 amide bonds. The molecule has 8 aromatic rings. The highest BCUT2D eigenvalue weighted by Gasteiger charge is 2.33. The van der Waals surface area contributed by atoms with Crippen LogP contribution in [0.3, 0.4) is 0 Å². The maximum absolute atomic E-state index is 6.87. The van der Waals surface area contributed by atoms with E-state index in [1.807, 2.05) is 18.2 Å². The summed E-state index contributed by atoms with van der Waals surface area (Å²) in [5.74, 6) is 3.41. The van der Waals surface area contributed by atoms with Crippen molar-refractivity contribution >= 4 is 62.0 Å². The fraction of sp³-hybridized carbons (Fsp3) is 0. The first-order chi connectivity index (χ1) is 23.3. The molecule has 5 heteroatoms. The van der Waals surface area contributed by atoms with Crippen LogP contribution in [0.5, 0.6) is 23.0 Å². The molecule has 1 aromatic heterocycles. The minimum atomic E-state index is 0.0791. The number of aromatic nitrogens is 1. The lowest BCUT2D eigenvalue weighted by Crippen LogP contribution is -2.54. The van der Waals surface area contributed by atoms with Crippen LogP contribution in [0.2, 0.25) is 0 Å². The summed E-state index contributed by atoms with van der Waals surface area (Å²) < 4.78 is 15.9. The first-order valence-corrected chi connectivity index (χ1v) is 16.0. The summed E-state index contributed by atoms with van der Waals surface area (Å²) in [7, 11) is 0. The van der Waals surface area contributed by atoms with Crippen molar-refractivity contribution in [1.82, 2.24) is 4.57 Å². The standard InChI is InChI=1S/C42H27BN2O2/c1-3-13-28(14-4-1)43-33-18-8-11-21-38(33)46-40-27-30(23-25-34(40)43)45-35-19-9-7-17-31(35)32-24-26-37-42(41(32)45)47-39-22-12-10-20-36(39)44(37)29-15-5-2-6-16-29/h1-27H. The van der Waals surface area contributed by atoms with Gasteiger partial charge in [-0.25, -0.2) is 0 Å². The molecule has 0 fully saturated rings. The molecule has 2 aliphatic heterocycles. The molecule has 220 valence electrons. The molecule has 3 heterocycles. The largest absolute Gasteiger partial charge is 0.458 e. The van der Waals surface area contributed by atoms with Crippen molar-refractivity contribution in [2.45, 2.75) is 0 Å². The Labute approximate surface area is 272 Å². The van der Waals surface area contributed by atoms with Gasteiger partial charge in [0.1, 0.15) is 11.5 Å². The van der Waals surface area contributed by atoms with Crippen molar-refractivity contribution in [3.05, 3.63) is 164 Å². The molecule has 0 unspecified atom stereocenters. The fourth-order valence-corrected chi connectivity index (χ4v) is 7.48. The van der Waals surface area contributed by atoms with E-state index in [0.29, 0.717) is 0 Å². The number of nitrogens with zero attached hydrogens (tertiary/aromatic N) is 2. The van der Waals surface area contributed by atoms with Crippen LogP contribution in [0.15, 0.2) is 164 Å². The van der Waals surface area contributed by atoms with E-state index in [1.54, 1.807) is 0 Å². The van der Waals surface area contributed by atoms with Crippen molar-refractivity contribution in [3.63, 3.8) is 0 Å². The van der Waals surface area contributed by atoms with Crippen LogP contribution >= 0.6 is 0 Å². The lowest BCUT2D eigenvalue weighted by atomic mass is 9.36. The molecule has 10 rings (SSSR count). The van der Waals surface area contributed by atoms with Crippen LogP contribution in [0, 0.1) is 0 Å². The molecule has 47 heavy (non-hydrogen) atoms. The highest BCUT2D eigenvalue weighted by Crippen LogP contribution is 2.54. The smallest absolute Gasteiger partial charge is 0.250 e. The minimum Gasteiger partial charge on any atom is -0.458 e. The van der Waals surface area contributed by atoms with Crippen LogP contribution in [0.25, 0.3) is 27.5 Å². The van der Waals surface area contributed by atoms with Gasteiger partial charge in [-0.15, -0.1) is 0 Å². The summed E-state index contributed by atoms with van der Waals surface area (Å²) in [6.45, 7) is 0.0791. The number of rotatable bonds is 3. The van der Waals surface area contributed by atoms with E-state index < -0.39 is 0 Å². The van der Waals surface area contributed by atoms with Crippen molar-refractivity contribution in [2.75, 3.05) is 4.90 Å². The van der Waals surface area contributed by atoms with Gasteiger partial charge >= 0.3 is 0 Å². The van der Waals surface area contributed by atoms with Crippen LogP contribution in [-0.4, -0.2) is 11.3 Å². The van der Waals surface area contributed by atoms with Crippen LogP contribution in [-0.2, 0) is 0 Å². The molecule has 7 aromatic carbocycles. The SMILES string of the molecule is c1ccc(B2c3ccccc3Oc3cc(-n4c5ccccc5c5ccc6c(c54)Oc4ccccc4N6c4ccccc4)ccc32)cc1. The normalized spacial score (nSPS) is 12.9. The van der Waals surface area contributed by atoms with Crippen molar-refractivity contribution < 1.29 is 9.47 Å². The van der Waals surface area contributed by atoms with Gasteiger partial charge in [0.2, 0.25) is 0 Å². The van der Waals surface area contributed by atoms with E-state index in [0.717, 1.165) is 67.6 Å². The van der Waals surface area contributed by atoms with Crippen LogP contribution in [0.4, 0.5) is 17.1 Å². The maximum Gasteiger partial charge on any atom is 0.250 e. The fourth-order valence-electron chi connectivity index (χ4n) is 7.48. The number of hydrogen-bond donors (Lipinski definition) is 0. The summed E-state index contributed by atoms with van der Waals surface area (Å²) in [5.41, 5.74) is 9.83. The average Bonchev–Trinajstić information content (AvgIpc) is 3.48. The van der Waals surface area contributed by atoms with E-state index in [-0.39, 0.29) is 6.71 Å². The highest BCUT2D eigenvalue weighted by molar-refractivity contribution is 6.96. The molecule has 0 bridgehead atoms. The molecular formula is C42H27BN2O2. The molecule has 0 aliphatic carbocycles. The summed E-state index contributed by atoms with van der Waals surface area (Å²) >= 11 is 0. The van der Waals surface area contributed by atoms with E-state index in [2.05, 4.69) is 155 Å². The van der Waals surface area contributed by atoms with Crippen molar-refractivity contribution in [1.29, 1.82) is 0 Å². The lowest BCUT2D eigenvalue weighted by molar-refractivity contribution is 0.480. The Balaban J connectivity index is 1.23. The van der Waals surface area contributed by atoms with Crippen molar-refractivity contribution in [2.24, 2.45) is 0 Å². The van der Waals surface area contributed by atoms with E-state index in [1.165, 1.54) is 16.3 Å². The van der Waals surface area contributed by atoms with Gasteiger partial charge in [0, 0.05) is 28.2 Å². The van der Waals surface area contributed by atoms with E-state index >= 15 is 0 Å². The second-order valence-electron chi connectivity index (χ2n) is 12.1. The monoisotopic (exact) mass is 602 g/mol. The summed E-state index contributed by atoms with van der Waals surface area (Å²) in [6.07, 6.45) is 0. The van der Waals surface area contributed by atoms with Gasteiger partial charge in [-0.2, -0.15) is 0 Å². The lowest BCUT2D eigenvalue weighted by Gasteiger charge is -2.33. The first kappa shape index (κ1) is 26.1. The Hall–Kier alpha value is -6.20. The van der Waals surface area contributed by atoms with Gasteiger partial charge in [-0.05, 0) is 65.5 Å². The minimum absolute atomic E-state index is 0.0791. The molecular weight excluding hydrogens is 575 g/mol. The second kappa shape index (κ2) is 10.2. The zero-order valence-corrected chi connectivity index (χ0v) is 25.4. The van der Waals surface area contributed by atoms with Gasteiger partial charge in [-0.1, -0.05) is 109 Å². The van der Waals surface area contributed by atoms with E-state index in [9.17, 15) is 0 Å². The summed E-state index contributed by atoms with van der Waals surface area (Å²) in [4.78, 5) is 2.30. The van der Waals surface area contributed by atoms with Crippen molar-refractivity contribution in [3.8, 4) is 28.7 Å². The number of benzene rings is 7. The summed E-state index contributed by atoms with van der Waals surface area (Å²) in [6, 6.07) is 57.5. The predicted octanol–water partition coefficient (Wildman–Crippen LogP) is 8.98.